The molecule has 1 amide bonds. The van der Waals surface area contributed by atoms with Crippen LogP contribution in [0.1, 0.15) is 5.56 Å². The van der Waals surface area contributed by atoms with Crippen LogP contribution in [0.25, 0.3) is 22.1 Å². The predicted octanol–water partition coefficient (Wildman–Crippen LogP) is 3.88. The van der Waals surface area contributed by atoms with E-state index in [-0.39, 0.29) is 11.7 Å². The number of hydrogen-bond acceptors (Lipinski definition) is 8. The Bertz CT molecular complexity index is 1410. The Kier molecular flexibility index (Phi) is 6.18. The Hall–Kier alpha value is -3.50. The first-order valence-corrected chi connectivity index (χ1v) is 12.2. The zero-order valence-electron chi connectivity index (χ0n) is 17.5. The number of amidine groups is 1. The molecule has 0 unspecified atom stereocenters. The number of carbonyl (C=O) groups excluding carboxylic acids is 1. The number of benzene rings is 2. The first-order valence-electron chi connectivity index (χ1n) is 10.2. The highest BCUT2D eigenvalue weighted by atomic mass is 32.2. The number of amides is 1. The third kappa shape index (κ3) is 4.53. The van der Waals surface area contributed by atoms with Gasteiger partial charge >= 0.3 is 0 Å². The van der Waals surface area contributed by atoms with Gasteiger partial charge in [0.1, 0.15) is 5.52 Å². The molecule has 1 aliphatic heterocycles. The van der Waals surface area contributed by atoms with Crippen LogP contribution < -0.4 is 5.32 Å². The number of thioether (sulfide) groups is 2. The molecular weight excluding hydrogens is 454 g/mol. The molecule has 2 aromatic carbocycles. The lowest BCUT2D eigenvalue weighted by molar-refractivity contribution is -0.117. The highest BCUT2D eigenvalue weighted by molar-refractivity contribution is 8.14. The molecule has 10 heteroatoms. The Balaban J connectivity index is 1.27. The molecule has 33 heavy (non-hydrogen) atoms. The summed E-state index contributed by atoms with van der Waals surface area (Å²) >= 11 is 2.68. The topological polar surface area (TPSA) is 97.4 Å². The zero-order chi connectivity index (χ0) is 22.6. The lowest BCUT2D eigenvalue weighted by Gasteiger charge is -2.12. The molecule has 0 aliphatic carbocycles. The number of para-hydroxylation sites is 1. The lowest BCUT2D eigenvalue weighted by atomic mass is 10.1. The van der Waals surface area contributed by atoms with E-state index in [1.807, 2.05) is 65.2 Å². The van der Waals surface area contributed by atoms with Crippen molar-refractivity contribution in [1.82, 2.24) is 25.1 Å². The maximum absolute atomic E-state index is 12.4. The van der Waals surface area contributed by atoms with Gasteiger partial charge in [0, 0.05) is 17.7 Å². The van der Waals surface area contributed by atoms with E-state index in [1.165, 1.54) is 23.5 Å². The van der Waals surface area contributed by atoms with Gasteiger partial charge in [-0.15, -0.1) is 21.9 Å². The highest BCUT2D eigenvalue weighted by Crippen LogP contribution is 2.27. The van der Waals surface area contributed by atoms with E-state index in [0.717, 1.165) is 33.3 Å². The fourth-order valence-corrected chi connectivity index (χ4v) is 4.85. The van der Waals surface area contributed by atoms with E-state index in [1.54, 1.807) is 0 Å². The lowest BCUT2D eigenvalue weighted by Crippen LogP contribution is -2.31. The van der Waals surface area contributed by atoms with E-state index in [0.29, 0.717) is 22.6 Å². The van der Waals surface area contributed by atoms with E-state index in [2.05, 4.69) is 37.3 Å². The van der Waals surface area contributed by atoms with Gasteiger partial charge in [-0.2, -0.15) is 5.10 Å². The van der Waals surface area contributed by atoms with Gasteiger partial charge in [-0.25, -0.2) is 4.98 Å². The quantitative estimate of drug-likeness (QED) is 0.337. The molecule has 8 nitrogen and oxygen atoms in total. The molecule has 1 N–H and O–H groups in total. The number of fused-ring (bicyclic) bond motifs is 3. The van der Waals surface area contributed by atoms with Gasteiger partial charge in [-0.3, -0.25) is 4.79 Å². The third-order valence-corrected chi connectivity index (χ3v) is 6.67. The molecule has 0 spiro atoms. The molecule has 164 valence electrons. The minimum atomic E-state index is -0.194. The second-order valence-corrected chi connectivity index (χ2v) is 9.03. The minimum absolute atomic E-state index is 0.143. The first-order chi connectivity index (χ1) is 16.2. The zero-order valence-corrected chi connectivity index (χ0v) is 19.1. The van der Waals surface area contributed by atoms with E-state index in [4.69, 9.17) is 0 Å². The third-order valence-electron chi connectivity index (χ3n) is 4.96. The van der Waals surface area contributed by atoms with Gasteiger partial charge < -0.3 is 9.88 Å². The van der Waals surface area contributed by atoms with E-state index in [9.17, 15) is 4.79 Å². The molecule has 0 fully saturated rings. The minimum Gasteiger partial charge on any atom is -0.320 e. The average Bonchev–Trinajstić information content (AvgIpc) is 3.17. The van der Waals surface area contributed by atoms with Gasteiger partial charge in [0.2, 0.25) is 11.1 Å². The normalized spacial score (nSPS) is 13.6. The average molecular weight is 474 g/mol. The molecule has 0 saturated carbocycles. The van der Waals surface area contributed by atoms with Crippen molar-refractivity contribution in [2.45, 2.75) is 11.7 Å². The van der Waals surface area contributed by atoms with Crippen molar-refractivity contribution in [2.24, 2.45) is 10.2 Å². The first kappa shape index (κ1) is 21.4. The number of carbonyl (C=O) groups is 1. The summed E-state index contributed by atoms with van der Waals surface area (Å²) in [6.45, 7) is 4.45. The molecule has 1 aliphatic rings. The Labute approximate surface area is 198 Å². The van der Waals surface area contributed by atoms with Crippen molar-refractivity contribution in [3.8, 4) is 0 Å². The number of hydrogen-bond donors (Lipinski definition) is 1. The van der Waals surface area contributed by atoms with Gasteiger partial charge in [0.15, 0.2) is 10.8 Å². The molecule has 0 radical (unpaired) electrons. The van der Waals surface area contributed by atoms with E-state index >= 15 is 0 Å². The number of allylic oxidation sites excluding steroid dienone is 1. The summed E-state index contributed by atoms with van der Waals surface area (Å²) in [6.07, 6.45) is 1.82. The van der Waals surface area contributed by atoms with Crippen LogP contribution in [0.2, 0.25) is 0 Å². The summed E-state index contributed by atoms with van der Waals surface area (Å²) in [7, 11) is 0. The van der Waals surface area contributed by atoms with Crippen molar-refractivity contribution < 1.29 is 4.79 Å². The van der Waals surface area contributed by atoms with Gasteiger partial charge in [-0.05, 0) is 11.6 Å². The van der Waals surface area contributed by atoms with Crippen LogP contribution >= 0.6 is 23.5 Å². The van der Waals surface area contributed by atoms with Crippen molar-refractivity contribution in [3.63, 3.8) is 0 Å². The fraction of sp³-hybridized carbons (Fsp3) is 0.130. The largest absolute Gasteiger partial charge is 0.320 e. The monoisotopic (exact) mass is 473 g/mol. The van der Waals surface area contributed by atoms with Crippen LogP contribution in [-0.4, -0.2) is 48.0 Å². The maximum atomic E-state index is 12.4. The van der Waals surface area contributed by atoms with Crippen molar-refractivity contribution >= 4 is 62.4 Å². The summed E-state index contributed by atoms with van der Waals surface area (Å²) in [5, 5.41) is 21.7. The molecule has 5 rings (SSSR count). The van der Waals surface area contributed by atoms with Gasteiger partial charge in [0.25, 0.3) is 0 Å². The van der Waals surface area contributed by atoms with Crippen LogP contribution in [0.3, 0.4) is 0 Å². The van der Waals surface area contributed by atoms with Crippen LogP contribution in [0.15, 0.2) is 82.6 Å². The molecule has 2 aromatic heterocycles. The fourth-order valence-electron chi connectivity index (χ4n) is 3.48. The van der Waals surface area contributed by atoms with E-state index < -0.39 is 0 Å². The van der Waals surface area contributed by atoms with Crippen LogP contribution in [0.4, 0.5) is 0 Å². The predicted molar refractivity (Wildman–Crippen MR) is 135 cm³/mol. The summed E-state index contributed by atoms with van der Waals surface area (Å²) in [5.41, 5.74) is 4.40. The standard InChI is InChI=1S/C23H19N7OS2/c1-2-12-30-18-11-7-6-10-16(18)20-21(30)25-23(29-27-20)33-14-19(31)24-22-28-26-17(13-32-22)15-8-4-3-5-9-15/h2-11H,1,12-14H2,(H,24,28,31). The summed E-state index contributed by atoms with van der Waals surface area (Å²) in [4.78, 5) is 17.1. The second-order valence-electron chi connectivity index (χ2n) is 7.13. The Morgan fingerprint density at radius 3 is 2.73 bits per heavy atom. The number of nitrogens with zero attached hydrogens (tertiary/aromatic N) is 6. The number of aromatic nitrogens is 4. The number of rotatable bonds is 6. The summed E-state index contributed by atoms with van der Waals surface area (Å²) in [6, 6.07) is 17.9. The van der Waals surface area contributed by atoms with Crippen molar-refractivity contribution in [3.05, 3.63) is 72.8 Å². The number of nitrogens with one attached hydrogen (secondary N) is 1. The second kappa shape index (κ2) is 9.55. The summed E-state index contributed by atoms with van der Waals surface area (Å²) in [5.74, 6) is 0.595. The van der Waals surface area contributed by atoms with Crippen LogP contribution in [-0.2, 0) is 11.3 Å². The van der Waals surface area contributed by atoms with Crippen LogP contribution in [0, 0.1) is 0 Å². The molecule has 3 heterocycles. The van der Waals surface area contributed by atoms with Crippen molar-refractivity contribution in [1.29, 1.82) is 0 Å². The Morgan fingerprint density at radius 1 is 1.12 bits per heavy atom. The molecule has 0 saturated heterocycles. The molecular formula is C23H19N7OS2. The van der Waals surface area contributed by atoms with Gasteiger partial charge in [-0.1, -0.05) is 78.1 Å². The SMILES string of the molecule is C=CCn1c2ccccc2c2nnc(SCC(=O)NC3=NN=C(c4ccccc4)CS3)nc21. The maximum Gasteiger partial charge on any atom is 0.236 e. The molecule has 0 bridgehead atoms. The molecule has 4 aromatic rings. The summed E-state index contributed by atoms with van der Waals surface area (Å²) < 4.78 is 2.05. The Morgan fingerprint density at radius 2 is 1.94 bits per heavy atom. The van der Waals surface area contributed by atoms with Crippen LogP contribution in [0.5, 0.6) is 0 Å². The van der Waals surface area contributed by atoms with Crippen molar-refractivity contribution in [2.75, 3.05) is 11.5 Å². The highest BCUT2D eigenvalue weighted by Gasteiger charge is 2.17. The molecule has 0 atom stereocenters. The smallest absolute Gasteiger partial charge is 0.236 e. The van der Waals surface area contributed by atoms with Gasteiger partial charge in [0.05, 0.1) is 17.0 Å².